The Morgan fingerprint density at radius 1 is 0.429 bits per heavy atom. The fourth-order valence-electron chi connectivity index (χ4n) is 5.14. The first-order valence-electron chi connectivity index (χ1n) is 15.4. The molecule has 1 saturated heterocycles. The second-order valence-electron chi connectivity index (χ2n) is 11.7. The van der Waals surface area contributed by atoms with E-state index in [4.69, 9.17) is 23.7 Å². The summed E-state index contributed by atoms with van der Waals surface area (Å²) in [4.78, 5) is 53.1. The molecule has 56 heavy (non-hydrogen) atoms. The SMILES string of the molecule is O=C(OCC1OC(O)[C@H](OC(=O)c2cc(O)c(O)c(O)c2)[C@@H](OC(=O)c2cc(O)c(O)c(O)c2)C1OC(=O)c1cc(O)c(O)c(O)c1)c1cc(O)c(O)c(O)c1. The van der Waals surface area contributed by atoms with Crippen LogP contribution in [0.4, 0.5) is 0 Å². The average molecular weight is 789 g/mol. The lowest BCUT2D eigenvalue weighted by atomic mass is 9.97. The van der Waals surface area contributed by atoms with Crippen LogP contribution in [0.3, 0.4) is 0 Å². The Hall–Kier alpha value is -7.72. The van der Waals surface area contributed by atoms with Gasteiger partial charge in [-0.25, -0.2) is 19.2 Å². The fraction of sp³-hybridized carbons (Fsp3) is 0.176. The highest BCUT2D eigenvalue weighted by molar-refractivity contribution is 5.93. The number of ether oxygens (including phenoxy) is 5. The van der Waals surface area contributed by atoms with Crippen molar-refractivity contribution in [3.8, 4) is 69.0 Å². The molecule has 5 atom stereocenters. The Labute approximate surface area is 310 Å². The number of phenolic OH excluding ortho intramolecular Hbond substituents is 12. The molecule has 1 fully saturated rings. The average Bonchev–Trinajstić information content (AvgIpc) is 3.14. The summed E-state index contributed by atoms with van der Waals surface area (Å²) in [5, 5.41) is 129. The number of benzene rings is 4. The molecule has 0 amide bonds. The van der Waals surface area contributed by atoms with E-state index in [1.54, 1.807) is 0 Å². The van der Waals surface area contributed by atoms with Crippen molar-refractivity contribution < 1.29 is 109 Å². The first-order valence-corrected chi connectivity index (χ1v) is 15.4. The molecule has 1 aliphatic rings. The standard InChI is InChI=1S/C34H28O22/c35-14-1-10(2-15(36)23(14)43)30(47)52-9-22-27(54-31(48)11-3-16(37)24(44)17(38)4-11)28(55-32(49)12-5-18(39)25(45)19(40)6-12)29(34(51)53-22)56-33(50)13-7-20(41)26(46)21(42)8-13/h1-8,22,27-29,34-46,51H,9H2/t22?,27?,28-,29+,34?/m0/s1. The molecule has 0 radical (unpaired) electrons. The van der Waals surface area contributed by atoms with E-state index in [1.807, 2.05) is 0 Å². The predicted molar refractivity (Wildman–Crippen MR) is 175 cm³/mol. The van der Waals surface area contributed by atoms with Crippen LogP contribution in [0.1, 0.15) is 41.4 Å². The monoisotopic (exact) mass is 788 g/mol. The van der Waals surface area contributed by atoms with Gasteiger partial charge in [-0.05, 0) is 48.5 Å². The fourth-order valence-corrected chi connectivity index (χ4v) is 5.14. The van der Waals surface area contributed by atoms with Gasteiger partial charge in [0, 0.05) is 0 Å². The Morgan fingerprint density at radius 2 is 0.696 bits per heavy atom. The Morgan fingerprint density at radius 3 is 1.02 bits per heavy atom. The molecular formula is C34H28O22. The normalized spacial score (nSPS) is 19.1. The third kappa shape index (κ3) is 7.95. The second-order valence-corrected chi connectivity index (χ2v) is 11.7. The molecule has 1 heterocycles. The van der Waals surface area contributed by atoms with Crippen molar-refractivity contribution in [3.63, 3.8) is 0 Å². The summed E-state index contributed by atoms with van der Waals surface area (Å²) in [7, 11) is 0. The molecule has 0 saturated carbocycles. The van der Waals surface area contributed by atoms with Gasteiger partial charge in [-0.2, -0.15) is 0 Å². The Bertz CT molecular complexity index is 2140. The zero-order chi connectivity index (χ0) is 41.3. The number of hydrogen-bond acceptors (Lipinski definition) is 22. The molecule has 0 aromatic heterocycles. The van der Waals surface area contributed by atoms with Gasteiger partial charge in [-0.15, -0.1) is 0 Å². The van der Waals surface area contributed by atoms with Crippen molar-refractivity contribution in [3.05, 3.63) is 70.8 Å². The van der Waals surface area contributed by atoms with Crippen LogP contribution in [0, 0.1) is 0 Å². The number of esters is 4. The minimum atomic E-state index is -2.43. The van der Waals surface area contributed by atoms with E-state index in [9.17, 15) is 85.6 Å². The van der Waals surface area contributed by atoms with Gasteiger partial charge in [-0.3, -0.25) is 0 Å². The van der Waals surface area contributed by atoms with Crippen LogP contribution in [0.15, 0.2) is 48.5 Å². The van der Waals surface area contributed by atoms with Crippen molar-refractivity contribution in [2.75, 3.05) is 6.61 Å². The molecule has 22 nitrogen and oxygen atoms in total. The molecule has 0 spiro atoms. The smallest absolute Gasteiger partial charge is 0.339 e. The number of aromatic hydroxyl groups is 12. The van der Waals surface area contributed by atoms with E-state index in [0.717, 1.165) is 0 Å². The lowest BCUT2D eigenvalue weighted by Crippen LogP contribution is -2.62. The molecule has 5 rings (SSSR count). The van der Waals surface area contributed by atoms with Crippen molar-refractivity contribution in [2.45, 2.75) is 30.7 Å². The number of carbonyl (C=O) groups excluding carboxylic acids is 4. The summed E-state index contributed by atoms with van der Waals surface area (Å²) < 4.78 is 26.8. The van der Waals surface area contributed by atoms with Crippen LogP contribution in [-0.2, 0) is 23.7 Å². The number of aliphatic hydroxyl groups is 1. The molecule has 3 unspecified atom stereocenters. The van der Waals surface area contributed by atoms with Gasteiger partial charge in [0.2, 0.25) is 0 Å². The zero-order valence-corrected chi connectivity index (χ0v) is 27.7. The first-order chi connectivity index (χ1) is 26.3. The predicted octanol–water partition coefficient (Wildman–Crippen LogP) is 0.705. The highest BCUT2D eigenvalue weighted by Gasteiger charge is 2.53. The lowest BCUT2D eigenvalue weighted by molar-refractivity contribution is -0.284. The summed E-state index contributed by atoms with van der Waals surface area (Å²) in [6.07, 6.45) is -11.2. The highest BCUT2D eigenvalue weighted by Crippen LogP contribution is 2.40. The van der Waals surface area contributed by atoms with Gasteiger partial charge >= 0.3 is 23.9 Å². The van der Waals surface area contributed by atoms with Crippen molar-refractivity contribution in [1.82, 2.24) is 0 Å². The molecule has 296 valence electrons. The third-order valence-electron chi connectivity index (χ3n) is 7.94. The largest absolute Gasteiger partial charge is 0.504 e. The quantitative estimate of drug-likeness (QED) is 0.0630. The van der Waals surface area contributed by atoms with E-state index >= 15 is 0 Å². The number of rotatable bonds is 9. The maximum absolute atomic E-state index is 13.5. The van der Waals surface area contributed by atoms with Gasteiger partial charge < -0.3 is 90.1 Å². The molecule has 4 aromatic carbocycles. The molecule has 0 aliphatic carbocycles. The van der Waals surface area contributed by atoms with Crippen LogP contribution < -0.4 is 0 Å². The number of carbonyl (C=O) groups is 4. The Kier molecular flexibility index (Phi) is 10.8. The topological polar surface area (TPSA) is 377 Å². The summed E-state index contributed by atoms with van der Waals surface area (Å²) in [5.41, 5.74) is -2.68. The summed E-state index contributed by atoms with van der Waals surface area (Å²) >= 11 is 0. The van der Waals surface area contributed by atoms with Gasteiger partial charge in [0.1, 0.15) is 12.7 Å². The summed E-state index contributed by atoms with van der Waals surface area (Å²) in [5.74, 6) is -18.2. The molecule has 22 heteroatoms. The number of aliphatic hydroxyl groups excluding tert-OH is 1. The maximum Gasteiger partial charge on any atom is 0.339 e. The van der Waals surface area contributed by atoms with Gasteiger partial charge in [-0.1, -0.05) is 0 Å². The van der Waals surface area contributed by atoms with Crippen LogP contribution in [0.2, 0.25) is 0 Å². The van der Waals surface area contributed by atoms with Crippen molar-refractivity contribution >= 4 is 23.9 Å². The summed E-state index contributed by atoms with van der Waals surface area (Å²) in [6.45, 7) is -1.09. The highest BCUT2D eigenvalue weighted by atomic mass is 16.7. The van der Waals surface area contributed by atoms with E-state index in [1.165, 1.54) is 0 Å². The van der Waals surface area contributed by atoms with E-state index in [0.29, 0.717) is 48.5 Å². The Balaban J connectivity index is 1.57. The second kappa shape index (κ2) is 15.3. The van der Waals surface area contributed by atoms with Crippen molar-refractivity contribution in [1.29, 1.82) is 0 Å². The van der Waals surface area contributed by atoms with Gasteiger partial charge in [0.25, 0.3) is 0 Å². The van der Waals surface area contributed by atoms with Crippen molar-refractivity contribution in [2.24, 2.45) is 0 Å². The molecule has 13 N–H and O–H groups in total. The van der Waals surface area contributed by atoms with Gasteiger partial charge in [0.15, 0.2) is 93.6 Å². The van der Waals surface area contributed by atoms with Crippen LogP contribution in [-0.4, -0.2) is 128 Å². The molecule has 4 aromatic rings. The van der Waals surface area contributed by atoms with Crippen LogP contribution in [0.25, 0.3) is 0 Å². The van der Waals surface area contributed by atoms with Crippen LogP contribution >= 0.6 is 0 Å². The molecular weight excluding hydrogens is 760 g/mol. The van der Waals surface area contributed by atoms with Crippen LogP contribution in [0.5, 0.6) is 69.0 Å². The maximum atomic E-state index is 13.5. The minimum absolute atomic E-state index is 0.570. The number of phenols is 12. The molecule has 0 bridgehead atoms. The minimum Gasteiger partial charge on any atom is -0.504 e. The third-order valence-corrected chi connectivity index (χ3v) is 7.94. The van der Waals surface area contributed by atoms with E-state index < -0.39 is 152 Å². The van der Waals surface area contributed by atoms with E-state index in [2.05, 4.69) is 0 Å². The zero-order valence-electron chi connectivity index (χ0n) is 27.7. The van der Waals surface area contributed by atoms with E-state index in [-0.39, 0.29) is 0 Å². The lowest BCUT2D eigenvalue weighted by Gasteiger charge is -2.42. The van der Waals surface area contributed by atoms with Gasteiger partial charge in [0.05, 0.1) is 22.3 Å². The summed E-state index contributed by atoms with van der Waals surface area (Å²) in [6, 6.07) is 4.99. The first kappa shape index (κ1) is 39.5. The molecule has 1 aliphatic heterocycles. The number of hydrogen-bond donors (Lipinski definition) is 13.